The van der Waals surface area contributed by atoms with E-state index in [9.17, 15) is 4.21 Å². The minimum absolute atomic E-state index is 0.226. The molecule has 0 bridgehead atoms. The topological polar surface area (TPSA) is 32.7 Å². The molecule has 0 aromatic heterocycles. The third kappa shape index (κ3) is 4.07. The minimum atomic E-state index is -2.30. The Morgan fingerprint density at radius 1 is 1.10 bits per heavy atom. The fourth-order valence-electron chi connectivity index (χ4n) is 2.96. The summed E-state index contributed by atoms with van der Waals surface area (Å²) in [5.74, 6) is 0. The van der Waals surface area contributed by atoms with Gasteiger partial charge in [-0.3, -0.25) is 4.90 Å². The number of hydrogen-bond acceptors (Lipinski definition) is 3. The lowest BCUT2D eigenvalue weighted by molar-refractivity contribution is 0.315. The largest absolute Gasteiger partial charge is 0.284 e. The molecule has 1 saturated carbocycles. The van der Waals surface area contributed by atoms with Crippen molar-refractivity contribution in [1.82, 2.24) is 4.90 Å². The Bertz CT molecular complexity index is 525. The van der Waals surface area contributed by atoms with Gasteiger partial charge in [-0.25, -0.2) is 8.57 Å². The van der Waals surface area contributed by atoms with Crippen molar-refractivity contribution in [3.63, 3.8) is 0 Å². The standard InChI is InChI=1S/C17H28N2OS/c1-3-19(4-2)15-18-21(20,16-11-7-5-8-12-16)17-13-9-6-10-14-17/h5,7-8,11-12,17H,3-4,6,9-10,13-15H2,1-2H3. The van der Waals surface area contributed by atoms with Crippen LogP contribution in [0, 0.1) is 0 Å². The second-order valence-corrected chi connectivity index (χ2v) is 8.25. The molecule has 0 heterocycles. The summed E-state index contributed by atoms with van der Waals surface area (Å²) in [6.45, 7) is 6.75. The highest BCUT2D eigenvalue weighted by molar-refractivity contribution is 7.94. The average Bonchev–Trinajstić information content (AvgIpc) is 2.57. The van der Waals surface area contributed by atoms with Crippen LogP contribution in [0.25, 0.3) is 0 Å². The van der Waals surface area contributed by atoms with Gasteiger partial charge in [0.15, 0.2) is 0 Å². The summed E-state index contributed by atoms with van der Waals surface area (Å²) < 4.78 is 18.4. The lowest BCUT2D eigenvalue weighted by atomic mass is 10.0. The lowest BCUT2D eigenvalue weighted by Crippen LogP contribution is -2.28. The van der Waals surface area contributed by atoms with E-state index in [0.717, 1.165) is 30.8 Å². The van der Waals surface area contributed by atoms with Crippen LogP contribution in [-0.2, 0) is 9.73 Å². The summed E-state index contributed by atoms with van der Waals surface area (Å²) in [6.07, 6.45) is 5.76. The number of hydrogen-bond donors (Lipinski definition) is 0. The van der Waals surface area contributed by atoms with E-state index in [-0.39, 0.29) is 5.25 Å². The molecule has 1 aromatic rings. The first-order valence-corrected chi connectivity index (χ1v) is 9.77. The Balaban J connectivity index is 2.34. The minimum Gasteiger partial charge on any atom is -0.284 e. The molecular weight excluding hydrogens is 280 g/mol. The SMILES string of the molecule is CCN(CC)CN=S(=O)(c1ccccc1)C1CCCCC1. The fourth-order valence-corrected chi connectivity index (χ4v) is 5.56. The van der Waals surface area contributed by atoms with Gasteiger partial charge < -0.3 is 0 Å². The van der Waals surface area contributed by atoms with Gasteiger partial charge in [-0.15, -0.1) is 0 Å². The molecule has 118 valence electrons. The van der Waals surface area contributed by atoms with Crippen LogP contribution >= 0.6 is 0 Å². The maximum absolute atomic E-state index is 13.7. The number of rotatable bonds is 6. The molecule has 0 radical (unpaired) electrons. The molecule has 4 heteroatoms. The van der Waals surface area contributed by atoms with Crippen LogP contribution in [-0.4, -0.2) is 34.1 Å². The molecule has 1 atom stereocenters. The van der Waals surface area contributed by atoms with Gasteiger partial charge in [0.05, 0.1) is 9.73 Å². The van der Waals surface area contributed by atoms with Gasteiger partial charge in [0.25, 0.3) is 0 Å². The monoisotopic (exact) mass is 308 g/mol. The van der Waals surface area contributed by atoms with Crippen LogP contribution in [0.3, 0.4) is 0 Å². The molecule has 3 nitrogen and oxygen atoms in total. The van der Waals surface area contributed by atoms with Crippen LogP contribution in [0.5, 0.6) is 0 Å². The van der Waals surface area contributed by atoms with Crippen LogP contribution in [0.1, 0.15) is 46.0 Å². The Morgan fingerprint density at radius 2 is 1.71 bits per heavy atom. The summed E-state index contributed by atoms with van der Waals surface area (Å²) in [5, 5.41) is 0.226. The van der Waals surface area contributed by atoms with Gasteiger partial charge in [0.2, 0.25) is 0 Å². The van der Waals surface area contributed by atoms with Crippen molar-refractivity contribution in [3.05, 3.63) is 30.3 Å². The predicted octanol–water partition coefficient (Wildman–Crippen LogP) is 4.15. The van der Waals surface area contributed by atoms with Gasteiger partial charge in [0, 0.05) is 10.1 Å². The van der Waals surface area contributed by atoms with E-state index in [1.165, 1.54) is 19.3 Å². The smallest absolute Gasteiger partial charge is 0.101 e. The number of nitrogens with zero attached hydrogens (tertiary/aromatic N) is 2. The van der Waals surface area contributed by atoms with Crippen LogP contribution in [0.2, 0.25) is 0 Å². The quantitative estimate of drug-likeness (QED) is 0.791. The van der Waals surface area contributed by atoms with Crippen molar-refractivity contribution in [2.75, 3.05) is 19.8 Å². The molecule has 0 amide bonds. The van der Waals surface area contributed by atoms with E-state index in [1.54, 1.807) is 0 Å². The third-order valence-electron chi connectivity index (χ3n) is 4.43. The second kappa shape index (κ2) is 7.95. The molecule has 1 aliphatic rings. The summed E-state index contributed by atoms with van der Waals surface area (Å²) in [6, 6.07) is 9.91. The number of benzene rings is 1. The highest BCUT2D eigenvalue weighted by atomic mass is 32.2. The van der Waals surface area contributed by atoms with E-state index in [1.807, 2.05) is 30.3 Å². The highest BCUT2D eigenvalue weighted by Crippen LogP contribution is 2.30. The zero-order valence-electron chi connectivity index (χ0n) is 13.3. The van der Waals surface area contributed by atoms with E-state index >= 15 is 0 Å². The molecule has 0 N–H and O–H groups in total. The summed E-state index contributed by atoms with van der Waals surface area (Å²) in [7, 11) is -2.30. The third-order valence-corrected chi connectivity index (χ3v) is 7.25. The molecule has 0 saturated heterocycles. The first-order chi connectivity index (χ1) is 10.2. The molecule has 0 aliphatic heterocycles. The fraction of sp³-hybridized carbons (Fsp3) is 0.647. The van der Waals surface area contributed by atoms with E-state index in [4.69, 9.17) is 4.36 Å². The Morgan fingerprint density at radius 3 is 2.29 bits per heavy atom. The molecule has 1 aromatic carbocycles. The summed E-state index contributed by atoms with van der Waals surface area (Å²) >= 11 is 0. The van der Waals surface area contributed by atoms with Gasteiger partial charge in [-0.05, 0) is 38.1 Å². The Hall–Kier alpha value is -0.870. The van der Waals surface area contributed by atoms with Crippen molar-refractivity contribution in [1.29, 1.82) is 0 Å². The first-order valence-electron chi connectivity index (χ1n) is 8.20. The average molecular weight is 308 g/mol. The molecule has 0 spiro atoms. The van der Waals surface area contributed by atoms with Crippen LogP contribution in [0.4, 0.5) is 0 Å². The maximum Gasteiger partial charge on any atom is 0.101 e. The van der Waals surface area contributed by atoms with E-state index < -0.39 is 9.73 Å². The van der Waals surface area contributed by atoms with E-state index in [2.05, 4.69) is 18.7 Å². The van der Waals surface area contributed by atoms with Crippen molar-refractivity contribution in [2.45, 2.75) is 56.1 Å². The second-order valence-electron chi connectivity index (χ2n) is 5.72. The summed E-state index contributed by atoms with van der Waals surface area (Å²) in [5.41, 5.74) is 0. The normalized spacial score (nSPS) is 19.4. The molecule has 1 fully saturated rings. The van der Waals surface area contributed by atoms with Gasteiger partial charge in [-0.2, -0.15) is 0 Å². The Kier molecular flexibility index (Phi) is 6.24. The first kappa shape index (κ1) is 16.5. The van der Waals surface area contributed by atoms with Crippen LogP contribution < -0.4 is 0 Å². The molecule has 2 rings (SSSR count). The maximum atomic E-state index is 13.7. The van der Waals surface area contributed by atoms with Crippen molar-refractivity contribution >= 4 is 9.73 Å². The molecular formula is C17H28N2OS. The van der Waals surface area contributed by atoms with E-state index in [0.29, 0.717) is 6.67 Å². The predicted molar refractivity (Wildman–Crippen MR) is 89.9 cm³/mol. The van der Waals surface area contributed by atoms with Gasteiger partial charge >= 0.3 is 0 Å². The molecule has 1 unspecified atom stereocenters. The molecule has 21 heavy (non-hydrogen) atoms. The zero-order valence-corrected chi connectivity index (χ0v) is 14.1. The highest BCUT2D eigenvalue weighted by Gasteiger charge is 2.27. The van der Waals surface area contributed by atoms with Crippen molar-refractivity contribution < 1.29 is 4.21 Å². The van der Waals surface area contributed by atoms with Gasteiger partial charge in [0.1, 0.15) is 6.67 Å². The van der Waals surface area contributed by atoms with Crippen molar-refractivity contribution in [3.8, 4) is 0 Å². The lowest BCUT2D eigenvalue weighted by Gasteiger charge is -2.26. The van der Waals surface area contributed by atoms with Crippen molar-refractivity contribution in [2.24, 2.45) is 4.36 Å². The zero-order chi connectivity index (χ0) is 15.1. The van der Waals surface area contributed by atoms with Crippen LogP contribution in [0.15, 0.2) is 39.6 Å². The van der Waals surface area contributed by atoms with Gasteiger partial charge in [-0.1, -0.05) is 51.3 Å². The Labute approximate surface area is 129 Å². The summed E-state index contributed by atoms with van der Waals surface area (Å²) in [4.78, 5) is 3.15. The molecule has 1 aliphatic carbocycles.